The van der Waals surface area contributed by atoms with Crippen LogP contribution in [0, 0.1) is 5.82 Å². The van der Waals surface area contributed by atoms with Gasteiger partial charge >= 0.3 is 5.97 Å². The zero-order valence-electron chi connectivity index (χ0n) is 10.4. The topological polar surface area (TPSA) is 84.6 Å². The molecule has 1 aromatic carbocycles. The maximum atomic E-state index is 13.6. The molecule has 4 N–H and O–H groups in total. The Balaban J connectivity index is 2.88. The van der Waals surface area contributed by atoms with Gasteiger partial charge in [-0.25, -0.2) is 9.18 Å². The zero-order valence-corrected chi connectivity index (χ0v) is 10.4. The smallest absolute Gasteiger partial charge is 0.337 e. The van der Waals surface area contributed by atoms with Gasteiger partial charge in [-0.05, 0) is 26.0 Å². The summed E-state index contributed by atoms with van der Waals surface area (Å²) < 4.78 is 18.8. The van der Waals surface area contributed by atoms with Gasteiger partial charge in [0.25, 0.3) is 0 Å². The van der Waals surface area contributed by atoms with Crippen LogP contribution in [0.25, 0.3) is 0 Å². The van der Waals surface area contributed by atoms with Crippen LogP contribution in [0.1, 0.15) is 24.2 Å². The number of ether oxygens (including phenoxy) is 1. The SMILES string of the molecule is CCOCC(C)Nc1cc(C(=O)O)c(N)cc1F. The predicted molar refractivity (Wildman–Crippen MR) is 67.3 cm³/mol. The molecule has 0 heterocycles. The second-order valence-electron chi connectivity index (χ2n) is 3.93. The molecule has 18 heavy (non-hydrogen) atoms. The van der Waals surface area contributed by atoms with E-state index in [4.69, 9.17) is 15.6 Å². The number of nitrogens with two attached hydrogens (primary N) is 1. The molecular formula is C12H17FN2O3. The average molecular weight is 256 g/mol. The van der Waals surface area contributed by atoms with Crippen LogP contribution in [-0.2, 0) is 4.74 Å². The molecule has 1 rings (SSSR count). The normalized spacial score (nSPS) is 12.2. The van der Waals surface area contributed by atoms with Crippen LogP contribution in [0.15, 0.2) is 12.1 Å². The summed E-state index contributed by atoms with van der Waals surface area (Å²) in [5, 5.41) is 11.8. The van der Waals surface area contributed by atoms with Gasteiger partial charge in [-0.1, -0.05) is 0 Å². The highest BCUT2D eigenvalue weighted by molar-refractivity contribution is 5.94. The van der Waals surface area contributed by atoms with Crippen molar-refractivity contribution in [3.05, 3.63) is 23.5 Å². The summed E-state index contributed by atoms with van der Waals surface area (Å²) in [7, 11) is 0. The van der Waals surface area contributed by atoms with Crippen molar-refractivity contribution in [3.8, 4) is 0 Å². The standard InChI is InChI=1S/C12H17FN2O3/c1-3-18-6-7(2)15-11-4-8(12(16)17)10(14)5-9(11)13/h4-5,7,15H,3,6,14H2,1-2H3,(H,16,17). The highest BCUT2D eigenvalue weighted by Crippen LogP contribution is 2.22. The third kappa shape index (κ3) is 3.59. The van der Waals surface area contributed by atoms with Crippen LogP contribution < -0.4 is 11.1 Å². The summed E-state index contributed by atoms with van der Waals surface area (Å²) in [5.41, 5.74) is 5.32. The first kappa shape index (κ1) is 14.2. The van der Waals surface area contributed by atoms with E-state index in [0.29, 0.717) is 13.2 Å². The number of hydrogen-bond acceptors (Lipinski definition) is 4. The minimum atomic E-state index is -1.19. The minimum Gasteiger partial charge on any atom is -0.478 e. The van der Waals surface area contributed by atoms with Crippen molar-refractivity contribution in [1.29, 1.82) is 0 Å². The van der Waals surface area contributed by atoms with E-state index in [0.717, 1.165) is 6.07 Å². The Labute approximate surface area is 105 Å². The Kier molecular flexibility index (Phi) is 4.91. The van der Waals surface area contributed by atoms with Crippen LogP contribution in [-0.4, -0.2) is 30.3 Å². The quantitative estimate of drug-likeness (QED) is 0.677. The number of nitrogen functional groups attached to an aromatic ring is 1. The molecule has 0 saturated heterocycles. The molecular weight excluding hydrogens is 239 g/mol. The maximum Gasteiger partial charge on any atom is 0.337 e. The number of carboxylic acid groups (broad SMARTS) is 1. The first-order valence-electron chi connectivity index (χ1n) is 5.62. The monoisotopic (exact) mass is 256 g/mol. The highest BCUT2D eigenvalue weighted by Gasteiger charge is 2.14. The van der Waals surface area contributed by atoms with E-state index >= 15 is 0 Å². The lowest BCUT2D eigenvalue weighted by molar-refractivity contribution is 0.0698. The fourth-order valence-corrected chi connectivity index (χ4v) is 1.49. The van der Waals surface area contributed by atoms with Crippen molar-refractivity contribution in [2.24, 2.45) is 0 Å². The summed E-state index contributed by atoms with van der Waals surface area (Å²) in [6, 6.07) is 2.05. The van der Waals surface area contributed by atoms with Gasteiger partial charge in [-0.3, -0.25) is 0 Å². The summed E-state index contributed by atoms with van der Waals surface area (Å²) in [6.45, 7) is 4.64. The van der Waals surface area contributed by atoms with Gasteiger partial charge in [0, 0.05) is 18.3 Å². The van der Waals surface area contributed by atoms with Crippen molar-refractivity contribution in [2.45, 2.75) is 19.9 Å². The number of hydrogen-bond donors (Lipinski definition) is 3. The molecule has 0 aromatic heterocycles. The molecule has 0 radical (unpaired) electrons. The fourth-order valence-electron chi connectivity index (χ4n) is 1.49. The van der Waals surface area contributed by atoms with Crippen LogP contribution in [0.5, 0.6) is 0 Å². The van der Waals surface area contributed by atoms with Crippen molar-refractivity contribution < 1.29 is 19.0 Å². The molecule has 6 heteroatoms. The first-order valence-corrected chi connectivity index (χ1v) is 5.62. The number of carbonyl (C=O) groups is 1. The third-order valence-electron chi connectivity index (χ3n) is 2.34. The lowest BCUT2D eigenvalue weighted by Crippen LogP contribution is -2.22. The van der Waals surface area contributed by atoms with Gasteiger partial charge in [0.05, 0.1) is 17.9 Å². The number of benzene rings is 1. The van der Waals surface area contributed by atoms with Crippen LogP contribution in [0.2, 0.25) is 0 Å². The van der Waals surface area contributed by atoms with Crippen LogP contribution in [0.4, 0.5) is 15.8 Å². The number of rotatable bonds is 6. The van der Waals surface area contributed by atoms with E-state index in [1.54, 1.807) is 0 Å². The molecule has 0 spiro atoms. The molecule has 0 saturated carbocycles. The van der Waals surface area contributed by atoms with E-state index < -0.39 is 11.8 Å². The number of halogens is 1. The van der Waals surface area contributed by atoms with Gasteiger partial charge < -0.3 is 20.9 Å². The predicted octanol–water partition coefficient (Wildman–Crippen LogP) is 1.94. The molecule has 0 aliphatic carbocycles. The summed E-state index contributed by atoms with van der Waals surface area (Å²) >= 11 is 0. The Hall–Kier alpha value is -1.82. The molecule has 1 aromatic rings. The molecule has 0 amide bonds. The number of aromatic carboxylic acids is 1. The van der Waals surface area contributed by atoms with E-state index in [9.17, 15) is 9.18 Å². The van der Waals surface area contributed by atoms with E-state index in [2.05, 4.69) is 5.32 Å². The molecule has 100 valence electrons. The second kappa shape index (κ2) is 6.20. The van der Waals surface area contributed by atoms with Gasteiger partial charge in [-0.15, -0.1) is 0 Å². The van der Waals surface area contributed by atoms with Crippen LogP contribution >= 0.6 is 0 Å². The van der Waals surface area contributed by atoms with Crippen molar-refractivity contribution in [1.82, 2.24) is 0 Å². The Morgan fingerprint density at radius 3 is 2.83 bits per heavy atom. The largest absolute Gasteiger partial charge is 0.478 e. The lowest BCUT2D eigenvalue weighted by atomic mass is 10.1. The first-order chi connectivity index (χ1) is 8.45. The molecule has 0 aliphatic rings. The average Bonchev–Trinajstić information content (AvgIpc) is 2.29. The number of nitrogens with one attached hydrogen (secondary N) is 1. The maximum absolute atomic E-state index is 13.6. The number of anilines is 2. The molecule has 0 aliphatic heterocycles. The van der Waals surface area contributed by atoms with E-state index in [1.807, 2.05) is 13.8 Å². The molecule has 0 fully saturated rings. The van der Waals surface area contributed by atoms with E-state index in [1.165, 1.54) is 6.07 Å². The zero-order chi connectivity index (χ0) is 13.7. The molecule has 5 nitrogen and oxygen atoms in total. The van der Waals surface area contributed by atoms with Crippen molar-refractivity contribution >= 4 is 17.3 Å². The molecule has 1 atom stereocenters. The van der Waals surface area contributed by atoms with Crippen molar-refractivity contribution in [2.75, 3.05) is 24.3 Å². The van der Waals surface area contributed by atoms with Crippen molar-refractivity contribution in [3.63, 3.8) is 0 Å². The lowest BCUT2D eigenvalue weighted by Gasteiger charge is -2.16. The van der Waals surface area contributed by atoms with Gasteiger partial charge in [0.1, 0.15) is 5.82 Å². The van der Waals surface area contributed by atoms with Gasteiger partial charge in [-0.2, -0.15) is 0 Å². The molecule has 0 bridgehead atoms. The Bertz CT molecular complexity index is 438. The summed E-state index contributed by atoms with van der Waals surface area (Å²) in [4.78, 5) is 10.9. The molecule has 1 unspecified atom stereocenters. The summed E-state index contributed by atoms with van der Waals surface area (Å²) in [6.07, 6.45) is 0. The van der Waals surface area contributed by atoms with Crippen LogP contribution in [0.3, 0.4) is 0 Å². The fraction of sp³-hybridized carbons (Fsp3) is 0.417. The Morgan fingerprint density at radius 2 is 2.28 bits per heavy atom. The number of carboxylic acids is 1. The van der Waals surface area contributed by atoms with Gasteiger partial charge in [0.15, 0.2) is 0 Å². The second-order valence-corrected chi connectivity index (χ2v) is 3.93. The summed E-state index contributed by atoms with van der Waals surface area (Å²) in [5.74, 6) is -1.77. The highest BCUT2D eigenvalue weighted by atomic mass is 19.1. The third-order valence-corrected chi connectivity index (χ3v) is 2.34. The van der Waals surface area contributed by atoms with Gasteiger partial charge in [0.2, 0.25) is 0 Å². The van der Waals surface area contributed by atoms with E-state index in [-0.39, 0.29) is 23.0 Å². The Morgan fingerprint density at radius 1 is 1.61 bits per heavy atom. The minimum absolute atomic E-state index is 0.0944.